The molecule has 3 amide bonds. The van der Waals surface area contributed by atoms with Gasteiger partial charge < -0.3 is 14.4 Å². The molecule has 0 radical (unpaired) electrons. The number of benzene rings is 2. The van der Waals surface area contributed by atoms with Crippen LogP contribution in [0.3, 0.4) is 0 Å². The van der Waals surface area contributed by atoms with Gasteiger partial charge in [0.1, 0.15) is 18.4 Å². The van der Waals surface area contributed by atoms with Crippen molar-refractivity contribution < 1.29 is 23.9 Å². The van der Waals surface area contributed by atoms with E-state index in [1.165, 1.54) is 5.56 Å². The molecule has 3 aliphatic rings. The fraction of sp³-hybridized carbons (Fsp3) is 0.444. The first kappa shape index (κ1) is 23.5. The van der Waals surface area contributed by atoms with Crippen molar-refractivity contribution in [2.75, 3.05) is 20.2 Å². The quantitative estimate of drug-likeness (QED) is 0.617. The predicted molar refractivity (Wildman–Crippen MR) is 129 cm³/mol. The number of likely N-dealkylation sites (tertiary alicyclic amines) is 1. The molecule has 0 bridgehead atoms. The zero-order chi connectivity index (χ0) is 24.4. The Hall–Kier alpha value is -3.23. The zero-order valence-corrected chi connectivity index (χ0v) is 20.0. The highest BCUT2D eigenvalue weighted by Crippen LogP contribution is 2.34. The molecule has 3 heterocycles. The smallest absolute Gasteiger partial charge is 0.255 e. The Labute approximate surface area is 205 Å². The number of rotatable bonds is 7. The molecule has 35 heavy (non-hydrogen) atoms. The lowest BCUT2D eigenvalue weighted by molar-refractivity contribution is -0.136. The Morgan fingerprint density at radius 1 is 0.971 bits per heavy atom. The molecule has 2 fully saturated rings. The second kappa shape index (κ2) is 10.2. The van der Waals surface area contributed by atoms with Gasteiger partial charge in [-0.2, -0.15) is 0 Å². The monoisotopic (exact) mass is 477 g/mol. The molecule has 184 valence electrons. The maximum Gasteiger partial charge on any atom is 0.255 e. The number of fused-ring (bicyclic) bond motifs is 1. The van der Waals surface area contributed by atoms with Crippen LogP contribution in [0.25, 0.3) is 0 Å². The maximum atomic E-state index is 13.0. The molecule has 3 aliphatic heterocycles. The van der Waals surface area contributed by atoms with Crippen LogP contribution in [-0.2, 0) is 34.0 Å². The summed E-state index contributed by atoms with van der Waals surface area (Å²) in [6.45, 7) is 3.73. The summed E-state index contributed by atoms with van der Waals surface area (Å²) in [6, 6.07) is 13.3. The molecule has 0 aromatic heterocycles. The van der Waals surface area contributed by atoms with Crippen molar-refractivity contribution in [2.24, 2.45) is 0 Å². The van der Waals surface area contributed by atoms with Gasteiger partial charge in [-0.1, -0.05) is 30.3 Å². The lowest BCUT2D eigenvalue weighted by Crippen LogP contribution is -2.52. The molecule has 8 nitrogen and oxygen atoms in total. The number of imide groups is 1. The molecule has 2 aromatic carbocycles. The van der Waals surface area contributed by atoms with E-state index in [0.717, 1.165) is 43.6 Å². The van der Waals surface area contributed by atoms with E-state index >= 15 is 0 Å². The first-order chi connectivity index (χ1) is 17.0. The molecule has 1 unspecified atom stereocenters. The molecule has 5 rings (SSSR count). The van der Waals surface area contributed by atoms with Crippen molar-refractivity contribution in [3.8, 4) is 5.75 Å². The lowest BCUT2D eigenvalue weighted by Gasteiger charge is -2.31. The molecular formula is C27H31N3O5. The summed E-state index contributed by atoms with van der Waals surface area (Å²) in [6.07, 6.45) is 3.12. The van der Waals surface area contributed by atoms with Gasteiger partial charge in [-0.3, -0.25) is 24.6 Å². The normalized spacial score (nSPS) is 21.2. The van der Waals surface area contributed by atoms with Crippen molar-refractivity contribution in [3.05, 3.63) is 64.7 Å². The largest absolute Gasteiger partial charge is 0.489 e. The molecule has 0 aliphatic carbocycles. The van der Waals surface area contributed by atoms with E-state index in [4.69, 9.17) is 9.47 Å². The number of amides is 3. The highest BCUT2D eigenvalue weighted by Gasteiger charge is 2.40. The van der Waals surface area contributed by atoms with E-state index in [9.17, 15) is 14.4 Å². The summed E-state index contributed by atoms with van der Waals surface area (Å²) in [7, 11) is 1.79. The van der Waals surface area contributed by atoms with E-state index < -0.39 is 11.9 Å². The van der Waals surface area contributed by atoms with Crippen LogP contribution in [-0.4, -0.2) is 59.9 Å². The van der Waals surface area contributed by atoms with Crippen LogP contribution in [0, 0.1) is 0 Å². The van der Waals surface area contributed by atoms with Crippen LogP contribution in [0.5, 0.6) is 5.75 Å². The number of methoxy groups -OCH3 is 1. The molecular weight excluding hydrogens is 446 g/mol. The molecule has 1 N–H and O–H groups in total. The SMILES string of the molecule is COC1CCN(Cc2ccc(COc3cccc4c3CN(C3CCC(=O)NC3=O)C4=O)cc2)CC1. The fourth-order valence-electron chi connectivity index (χ4n) is 5.16. The minimum absolute atomic E-state index is 0.196. The van der Waals surface area contributed by atoms with Crippen molar-refractivity contribution in [2.45, 2.75) is 57.5 Å². The zero-order valence-electron chi connectivity index (χ0n) is 20.0. The van der Waals surface area contributed by atoms with E-state index in [1.54, 1.807) is 24.1 Å². The van der Waals surface area contributed by atoms with Crippen molar-refractivity contribution >= 4 is 17.7 Å². The number of hydrogen-bond acceptors (Lipinski definition) is 6. The first-order valence-corrected chi connectivity index (χ1v) is 12.2. The second-order valence-electron chi connectivity index (χ2n) is 9.50. The van der Waals surface area contributed by atoms with Crippen LogP contribution in [0.15, 0.2) is 42.5 Å². The summed E-state index contributed by atoms with van der Waals surface area (Å²) in [5.41, 5.74) is 3.67. The summed E-state index contributed by atoms with van der Waals surface area (Å²) in [5.74, 6) is -0.247. The molecule has 2 aromatic rings. The summed E-state index contributed by atoms with van der Waals surface area (Å²) in [4.78, 5) is 40.8. The highest BCUT2D eigenvalue weighted by atomic mass is 16.5. The number of hydrogen-bond donors (Lipinski definition) is 1. The third-order valence-corrected chi connectivity index (χ3v) is 7.23. The number of nitrogens with one attached hydrogen (secondary N) is 1. The fourth-order valence-corrected chi connectivity index (χ4v) is 5.16. The van der Waals surface area contributed by atoms with Crippen molar-refractivity contribution in [1.29, 1.82) is 0 Å². The van der Waals surface area contributed by atoms with E-state index in [0.29, 0.717) is 37.0 Å². The third-order valence-electron chi connectivity index (χ3n) is 7.23. The van der Waals surface area contributed by atoms with Gasteiger partial charge in [0.2, 0.25) is 11.8 Å². The number of ether oxygens (including phenoxy) is 2. The van der Waals surface area contributed by atoms with Gasteiger partial charge in [-0.15, -0.1) is 0 Å². The summed E-state index contributed by atoms with van der Waals surface area (Å²) < 4.78 is 11.6. The van der Waals surface area contributed by atoms with Crippen LogP contribution in [0.4, 0.5) is 0 Å². The van der Waals surface area contributed by atoms with Gasteiger partial charge in [0.15, 0.2) is 0 Å². The average molecular weight is 478 g/mol. The summed E-state index contributed by atoms with van der Waals surface area (Å²) in [5, 5.41) is 2.34. The van der Waals surface area contributed by atoms with E-state index in [2.05, 4.69) is 34.5 Å². The second-order valence-corrected chi connectivity index (χ2v) is 9.50. The standard InChI is InChI=1S/C27H31N3O5/c1-34-20-11-13-29(14-12-20)15-18-5-7-19(8-6-18)17-35-24-4-2-3-21-22(24)16-30(27(21)33)23-9-10-25(31)28-26(23)32/h2-8,20,23H,9-17H2,1H3,(H,28,31,32). The Morgan fingerprint density at radius 3 is 2.43 bits per heavy atom. The topological polar surface area (TPSA) is 88.2 Å². The number of piperidine rings is 2. The minimum atomic E-state index is -0.631. The highest BCUT2D eigenvalue weighted by molar-refractivity contribution is 6.05. The van der Waals surface area contributed by atoms with Gasteiger partial charge in [0.05, 0.1) is 12.6 Å². The predicted octanol–water partition coefficient (Wildman–Crippen LogP) is 2.64. The number of nitrogens with zero attached hydrogens (tertiary/aromatic N) is 2. The Balaban J connectivity index is 1.19. The maximum absolute atomic E-state index is 13.0. The van der Waals surface area contributed by atoms with Crippen LogP contribution in [0.2, 0.25) is 0 Å². The Bertz CT molecular complexity index is 1110. The first-order valence-electron chi connectivity index (χ1n) is 12.2. The molecule has 2 saturated heterocycles. The Morgan fingerprint density at radius 2 is 1.71 bits per heavy atom. The van der Waals surface area contributed by atoms with E-state index in [-0.39, 0.29) is 18.2 Å². The van der Waals surface area contributed by atoms with Crippen molar-refractivity contribution in [3.63, 3.8) is 0 Å². The average Bonchev–Trinajstić information content (AvgIpc) is 3.21. The van der Waals surface area contributed by atoms with Gasteiger partial charge in [-0.25, -0.2) is 0 Å². The van der Waals surface area contributed by atoms with E-state index in [1.807, 2.05) is 6.07 Å². The molecule has 0 spiro atoms. The van der Waals surface area contributed by atoms with Gasteiger partial charge >= 0.3 is 0 Å². The number of carbonyl (C=O) groups is 3. The van der Waals surface area contributed by atoms with Crippen LogP contribution < -0.4 is 10.1 Å². The van der Waals surface area contributed by atoms with Gasteiger partial charge in [0, 0.05) is 44.3 Å². The van der Waals surface area contributed by atoms with Gasteiger partial charge in [-0.05, 0) is 42.5 Å². The molecule has 8 heteroatoms. The minimum Gasteiger partial charge on any atom is -0.489 e. The van der Waals surface area contributed by atoms with Crippen LogP contribution in [0.1, 0.15) is 52.7 Å². The Kier molecular flexibility index (Phi) is 6.83. The van der Waals surface area contributed by atoms with Gasteiger partial charge in [0.25, 0.3) is 5.91 Å². The lowest BCUT2D eigenvalue weighted by atomic mass is 10.0. The summed E-state index contributed by atoms with van der Waals surface area (Å²) >= 11 is 0. The van der Waals surface area contributed by atoms with Crippen LogP contribution >= 0.6 is 0 Å². The third kappa shape index (κ3) is 5.09. The number of carbonyl (C=O) groups excluding carboxylic acids is 3. The van der Waals surface area contributed by atoms with Crippen molar-refractivity contribution in [1.82, 2.24) is 15.1 Å². The molecule has 0 saturated carbocycles. The molecule has 1 atom stereocenters.